The molecule has 1 aromatic carbocycles. The highest BCUT2D eigenvalue weighted by molar-refractivity contribution is 5.77. The van der Waals surface area contributed by atoms with Crippen LogP contribution in [0.4, 0.5) is 11.5 Å². The van der Waals surface area contributed by atoms with Crippen LogP contribution in [-0.2, 0) is 0 Å². The van der Waals surface area contributed by atoms with Gasteiger partial charge in [-0.15, -0.1) is 0 Å². The fourth-order valence-electron chi connectivity index (χ4n) is 3.32. The van der Waals surface area contributed by atoms with Gasteiger partial charge in [-0.3, -0.25) is 9.38 Å². The van der Waals surface area contributed by atoms with E-state index < -0.39 is 0 Å². The molecule has 1 aliphatic rings. The van der Waals surface area contributed by atoms with E-state index in [-0.39, 0.29) is 0 Å². The monoisotopic (exact) mass is 321 g/mol. The van der Waals surface area contributed by atoms with E-state index in [1.165, 1.54) is 31.6 Å². The Morgan fingerprint density at radius 2 is 1.83 bits per heavy atom. The lowest BCUT2D eigenvalue weighted by atomic mass is 10.1. The lowest BCUT2D eigenvalue weighted by Crippen LogP contribution is -2.17. The van der Waals surface area contributed by atoms with Crippen LogP contribution in [0.15, 0.2) is 42.9 Å². The molecule has 0 aliphatic carbocycles. The van der Waals surface area contributed by atoms with Crippen molar-refractivity contribution in [2.75, 3.05) is 23.3 Å². The minimum Gasteiger partial charge on any atom is -0.372 e. The first-order valence-electron chi connectivity index (χ1n) is 8.66. The molecule has 1 aliphatic heterocycles. The van der Waals surface area contributed by atoms with Crippen molar-refractivity contribution in [3.63, 3.8) is 0 Å². The summed E-state index contributed by atoms with van der Waals surface area (Å²) >= 11 is 0. The van der Waals surface area contributed by atoms with Gasteiger partial charge in [0.15, 0.2) is 5.65 Å². The number of fused-ring (bicyclic) bond motifs is 1. The lowest BCUT2D eigenvalue weighted by Gasteiger charge is -2.18. The zero-order valence-electron chi connectivity index (χ0n) is 14.2. The molecule has 0 saturated carbocycles. The van der Waals surface area contributed by atoms with Crippen molar-refractivity contribution < 1.29 is 0 Å². The Morgan fingerprint density at radius 1 is 1.08 bits per heavy atom. The molecule has 3 heterocycles. The van der Waals surface area contributed by atoms with E-state index in [0.717, 1.165) is 22.7 Å². The van der Waals surface area contributed by atoms with E-state index in [1.807, 2.05) is 6.20 Å². The number of nitrogens with zero attached hydrogens (tertiary/aromatic N) is 4. The second-order valence-corrected chi connectivity index (χ2v) is 6.65. The van der Waals surface area contributed by atoms with Crippen molar-refractivity contribution in [1.82, 2.24) is 14.4 Å². The summed E-state index contributed by atoms with van der Waals surface area (Å²) in [6, 6.07) is 9.10. The Balaban J connectivity index is 1.74. The van der Waals surface area contributed by atoms with Gasteiger partial charge in [0.1, 0.15) is 11.5 Å². The second kappa shape index (κ2) is 6.15. The van der Waals surface area contributed by atoms with Gasteiger partial charge in [0.05, 0.1) is 6.20 Å². The third kappa shape index (κ3) is 2.70. The Labute approximate surface area is 142 Å². The molecule has 1 saturated heterocycles. The van der Waals surface area contributed by atoms with Crippen molar-refractivity contribution >= 4 is 17.2 Å². The van der Waals surface area contributed by atoms with E-state index in [2.05, 4.69) is 57.7 Å². The minimum atomic E-state index is 0.334. The van der Waals surface area contributed by atoms with Gasteiger partial charge in [0.2, 0.25) is 0 Å². The van der Waals surface area contributed by atoms with Crippen LogP contribution in [0.5, 0.6) is 0 Å². The number of anilines is 2. The average Bonchev–Trinajstić information content (AvgIpc) is 3.23. The highest BCUT2D eigenvalue weighted by atomic mass is 15.2. The number of aromatic nitrogens is 3. The normalized spacial score (nSPS) is 14.7. The molecule has 5 nitrogen and oxygen atoms in total. The molecule has 124 valence electrons. The molecule has 0 atom stereocenters. The summed E-state index contributed by atoms with van der Waals surface area (Å²) in [5.41, 5.74) is 4.27. The van der Waals surface area contributed by atoms with Gasteiger partial charge in [-0.1, -0.05) is 12.1 Å². The average molecular weight is 321 g/mol. The first-order chi connectivity index (χ1) is 11.7. The van der Waals surface area contributed by atoms with E-state index in [0.29, 0.717) is 6.04 Å². The highest BCUT2D eigenvalue weighted by Gasteiger charge is 2.16. The van der Waals surface area contributed by atoms with Crippen molar-refractivity contribution in [2.24, 2.45) is 0 Å². The molecule has 0 unspecified atom stereocenters. The summed E-state index contributed by atoms with van der Waals surface area (Å²) < 4.78 is 2.07. The number of hydrogen-bond acceptors (Lipinski definition) is 4. The molecular formula is C19H23N5. The summed E-state index contributed by atoms with van der Waals surface area (Å²) in [6.07, 6.45) is 8.14. The molecule has 0 bridgehead atoms. The van der Waals surface area contributed by atoms with Crippen molar-refractivity contribution in [2.45, 2.75) is 32.7 Å². The van der Waals surface area contributed by atoms with Crippen LogP contribution in [0.2, 0.25) is 0 Å². The molecular weight excluding hydrogens is 298 g/mol. The summed E-state index contributed by atoms with van der Waals surface area (Å²) in [6.45, 7) is 6.61. The van der Waals surface area contributed by atoms with Crippen LogP contribution >= 0.6 is 0 Å². The predicted octanol–water partition coefficient (Wildman–Crippen LogP) is 3.82. The fourth-order valence-corrected chi connectivity index (χ4v) is 3.32. The third-order valence-corrected chi connectivity index (χ3v) is 4.47. The number of hydrogen-bond donors (Lipinski definition) is 1. The molecule has 24 heavy (non-hydrogen) atoms. The fraction of sp³-hybridized carbons (Fsp3) is 0.368. The molecule has 0 radical (unpaired) electrons. The van der Waals surface area contributed by atoms with Gasteiger partial charge in [-0.05, 0) is 38.8 Å². The maximum atomic E-state index is 4.79. The summed E-state index contributed by atoms with van der Waals surface area (Å²) in [4.78, 5) is 11.4. The maximum Gasteiger partial charge on any atom is 0.157 e. The first-order valence-corrected chi connectivity index (χ1v) is 8.66. The summed E-state index contributed by atoms with van der Waals surface area (Å²) in [5, 5.41) is 3.53. The Bertz CT molecular complexity index is 829. The zero-order valence-corrected chi connectivity index (χ0v) is 14.2. The standard InChI is InChI=1S/C19H23N5/c1-14(2)21-19-18(22-17-13-20-9-12-24(17)19)15-5-7-16(8-6-15)23-10-3-4-11-23/h5-9,12-14,21H,3-4,10-11H2,1-2H3. The quantitative estimate of drug-likeness (QED) is 0.793. The van der Waals surface area contributed by atoms with Gasteiger partial charge >= 0.3 is 0 Å². The summed E-state index contributed by atoms with van der Waals surface area (Å²) in [7, 11) is 0. The van der Waals surface area contributed by atoms with Gasteiger partial charge < -0.3 is 10.2 Å². The third-order valence-electron chi connectivity index (χ3n) is 4.47. The first kappa shape index (κ1) is 15.0. The van der Waals surface area contributed by atoms with Crippen LogP contribution in [0.3, 0.4) is 0 Å². The Hall–Kier alpha value is -2.56. The van der Waals surface area contributed by atoms with Gasteiger partial charge in [-0.25, -0.2) is 4.98 Å². The number of imidazole rings is 1. The molecule has 2 aromatic heterocycles. The van der Waals surface area contributed by atoms with E-state index in [1.54, 1.807) is 12.4 Å². The SMILES string of the molecule is CC(C)Nc1c(-c2ccc(N3CCCC3)cc2)nc2cnccn12. The highest BCUT2D eigenvalue weighted by Crippen LogP contribution is 2.31. The van der Waals surface area contributed by atoms with E-state index >= 15 is 0 Å². The van der Waals surface area contributed by atoms with E-state index in [4.69, 9.17) is 4.98 Å². The van der Waals surface area contributed by atoms with Gasteiger partial charge in [0, 0.05) is 42.8 Å². The van der Waals surface area contributed by atoms with Crippen molar-refractivity contribution in [3.05, 3.63) is 42.9 Å². The van der Waals surface area contributed by atoms with Crippen LogP contribution in [0.25, 0.3) is 16.9 Å². The Morgan fingerprint density at radius 3 is 2.54 bits per heavy atom. The minimum absolute atomic E-state index is 0.334. The molecule has 5 heteroatoms. The largest absolute Gasteiger partial charge is 0.372 e. The topological polar surface area (TPSA) is 45.5 Å². The van der Waals surface area contributed by atoms with Crippen LogP contribution in [0.1, 0.15) is 26.7 Å². The number of benzene rings is 1. The smallest absolute Gasteiger partial charge is 0.157 e. The predicted molar refractivity (Wildman–Crippen MR) is 98.6 cm³/mol. The number of rotatable bonds is 4. The molecule has 4 rings (SSSR count). The second-order valence-electron chi connectivity index (χ2n) is 6.65. The van der Waals surface area contributed by atoms with Crippen LogP contribution < -0.4 is 10.2 Å². The van der Waals surface area contributed by atoms with Crippen LogP contribution in [-0.4, -0.2) is 33.5 Å². The molecule has 0 spiro atoms. The molecule has 1 fully saturated rings. The molecule has 0 amide bonds. The molecule has 1 N–H and O–H groups in total. The number of nitrogens with one attached hydrogen (secondary N) is 1. The molecule has 3 aromatic rings. The van der Waals surface area contributed by atoms with Gasteiger partial charge in [0.25, 0.3) is 0 Å². The van der Waals surface area contributed by atoms with Crippen molar-refractivity contribution in [3.8, 4) is 11.3 Å². The van der Waals surface area contributed by atoms with Crippen LogP contribution in [0, 0.1) is 0 Å². The van der Waals surface area contributed by atoms with Crippen molar-refractivity contribution in [1.29, 1.82) is 0 Å². The summed E-state index contributed by atoms with van der Waals surface area (Å²) in [5.74, 6) is 1.02. The zero-order chi connectivity index (χ0) is 16.5. The van der Waals surface area contributed by atoms with Gasteiger partial charge in [-0.2, -0.15) is 0 Å². The maximum absolute atomic E-state index is 4.79. The Kier molecular flexibility index (Phi) is 3.84. The lowest BCUT2D eigenvalue weighted by molar-refractivity contribution is 0.884. The van der Waals surface area contributed by atoms with E-state index in [9.17, 15) is 0 Å².